The summed E-state index contributed by atoms with van der Waals surface area (Å²) in [4.78, 5) is 25.1. The number of nitrogens with one attached hydrogen (secondary N) is 2. The van der Waals surface area contributed by atoms with Crippen molar-refractivity contribution in [3.8, 4) is 0 Å². The molecule has 1 atom stereocenters. The zero-order valence-corrected chi connectivity index (χ0v) is 11.4. The van der Waals surface area contributed by atoms with Crippen LogP contribution in [-0.2, 0) is 9.59 Å². The highest BCUT2D eigenvalue weighted by Crippen LogP contribution is 2.09. The zero-order valence-electron chi connectivity index (χ0n) is 10.6. The predicted molar refractivity (Wildman–Crippen MR) is 71.7 cm³/mol. The third-order valence-corrected chi connectivity index (χ3v) is 3.49. The van der Waals surface area contributed by atoms with Crippen molar-refractivity contribution in [1.82, 2.24) is 15.5 Å². The van der Waals surface area contributed by atoms with Gasteiger partial charge in [-0.3, -0.25) is 9.59 Å². The maximum Gasteiger partial charge on any atom is 0.241 e. The second-order valence-electron chi connectivity index (χ2n) is 4.86. The van der Waals surface area contributed by atoms with Gasteiger partial charge < -0.3 is 15.5 Å². The number of hydrogen-bond acceptors (Lipinski definition) is 3. The van der Waals surface area contributed by atoms with Gasteiger partial charge in [-0.2, -0.15) is 0 Å². The van der Waals surface area contributed by atoms with Crippen LogP contribution in [0.2, 0.25) is 0 Å². The quantitative estimate of drug-likeness (QED) is 0.775. The van der Waals surface area contributed by atoms with Crippen LogP contribution < -0.4 is 10.6 Å². The molecule has 2 amide bonds. The van der Waals surface area contributed by atoms with E-state index in [9.17, 15) is 9.59 Å². The first-order valence-corrected chi connectivity index (χ1v) is 6.53. The number of likely N-dealkylation sites (tertiary alicyclic amines) is 1. The summed E-state index contributed by atoms with van der Waals surface area (Å²) in [5.74, 6) is 0.0344. The van der Waals surface area contributed by atoms with Crippen molar-refractivity contribution in [2.45, 2.75) is 38.1 Å². The molecule has 0 radical (unpaired) electrons. The topological polar surface area (TPSA) is 61.4 Å². The van der Waals surface area contributed by atoms with Crippen molar-refractivity contribution in [3.05, 3.63) is 0 Å². The van der Waals surface area contributed by atoms with Gasteiger partial charge in [0.25, 0.3) is 0 Å². The van der Waals surface area contributed by atoms with Crippen LogP contribution in [0.4, 0.5) is 0 Å². The van der Waals surface area contributed by atoms with E-state index in [0.717, 1.165) is 45.3 Å². The normalized spacial score (nSPS) is 22.7. The van der Waals surface area contributed by atoms with Crippen molar-refractivity contribution in [1.29, 1.82) is 0 Å². The van der Waals surface area contributed by atoms with Crippen LogP contribution >= 0.6 is 12.4 Å². The van der Waals surface area contributed by atoms with Crippen LogP contribution in [0.25, 0.3) is 0 Å². The number of rotatable bonds is 4. The first-order valence-electron chi connectivity index (χ1n) is 6.53. The van der Waals surface area contributed by atoms with Gasteiger partial charge in [0.05, 0.1) is 6.54 Å². The number of carbonyl (C=O) groups is 2. The molecule has 2 aliphatic heterocycles. The van der Waals surface area contributed by atoms with Crippen LogP contribution in [0.1, 0.15) is 32.1 Å². The SMILES string of the molecule is Cl.O=C(CC1CCCN1)NCC(=O)N1CCCC1. The largest absolute Gasteiger partial charge is 0.347 e. The number of carbonyl (C=O) groups excluding carboxylic acids is 2. The summed E-state index contributed by atoms with van der Waals surface area (Å²) in [5, 5.41) is 5.99. The second-order valence-corrected chi connectivity index (χ2v) is 4.86. The first kappa shape index (κ1) is 15.2. The summed E-state index contributed by atoms with van der Waals surface area (Å²) < 4.78 is 0. The Labute approximate surface area is 114 Å². The van der Waals surface area contributed by atoms with Gasteiger partial charge in [-0.25, -0.2) is 0 Å². The summed E-state index contributed by atoms with van der Waals surface area (Å²) in [7, 11) is 0. The van der Waals surface area contributed by atoms with E-state index in [1.165, 1.54) is 0 Å². The van der Waals surface area contributed by atoms with Crippen molar-refractivity contribution in [2.24, 2.45) is 0 Å². The van der Waals surface area contributed by atoms with E-state index < -0.39 is 0 Å². The Morgan fingerprint density at radius 1 is 1.22 bits per heavy atom. The molecule has 2 fully saturated rings. The third kappa shape index (κ3) is 4.46. The average Bonchev–Trinajstić information content (AvgIpc) is 2.97. The lowest BCUT2D eigenvalue weighted by Crippen LogP contribution is -2.40. The summed E-state index contributed by atoms with van der Waals surface area (Å²) in [6.07, 6.45) is 4.88. The Balaban J connectivity index is 0.00000162. The highest BCUT2D eigenvalue weighted by atomic mass is 35.5. The molecule has 0 aliphatic carbocycles. The lowest BCUT2D eigenvalue weighted by atomic mass is 10.1. The lowest BCUT2D eigenvalue weighted by molar-refractivity contribution is -0.132. The standard InChI is InChI=1S/C12H21N3O2.ClH/c16-11(8-10-4-3-5-13-10)14-9-12(17)15-6-1-2-7-15;/h10,13H,1-9H2,(H,14,16);1H. The van der Waals surface area contributed by atoms with Gasteiger partial charge in [0.15, 0.2) is 0 Å². The fourth-order valence-corrected chi connectivity index (χ4v) is 2.48. The molecule has 2 saturated heterocycles. The van der Waals surface area contributed by atoms with E-state index in [0.29, 0.717) is 12.5 Å². The molecule has 2 heterocycles. The molecule has 1 unspecified atom stereocenters. The average molecular weight is 276 g/mol. The monoisotopic (exact) mass is 275 g/mol. The molecule has 5 nitrogen and oxygen atoms in total. The maximum atomic E-state index is 11.7. The van der Waals surface area contributed by atoms with Gasteiger partial charge >= 0.3 is 0 Å². The van der Waals surface area contributed by atoms with E-state index in [1.807, 2.05) is 4.90 Å². The first-order chi connectivity index (χ1) is 8.25. The fourth-order valence-electron chi connectivity index (χ4n) is 2.48. The smallest absolute Gasteiger partial charge is 0.241 e. The summed E-state index contributed by atoms with van der Waals surface area (Å²) in [6.45, 7) is 2.86. The second kappa shape index (κ2) is 7.59. The van der Waals surface area contributed by atoms with Crippen molar-refractivity contribution in [2.75, 3.05) is 26.2 Å². The number of amides is 2. The minimum Gasteiger partial charge on any atom is -0.347 e. The minimum atomic E-state index is -0.0167. The molecular weight excluding hydrogens is 254 g/mol. The van der Waals surface area contributed by atoms with Gasteiger partial charge in [0.2, 0.25) is 11.8 Å². The highest BCUT2D eigenvalue weighted by Gasteiger charge is 2.20. The van der Waals surface area contributed by atoms with E-state index in [4.69, 9.17) is 0 Å². The molecule has 0 spiro atoms. The molecule has 18 heavy (non-hydrogen) atoms. The molecule has 2 N–H and O–H groups in total. The number of halogens is 1. The van der Waals surface area contributed by atoms with Crippen molar-refractivity contribution in [3.63, 3.8) is 0 Å². The fraction of sp³-hybridized carbons (Fsp3) is 0.833. The maximum absolute atomic E-state index is 11.7. The van der Waals surface area contributed by atoms with Gasteiger partial charge in [-0.1, -0.05) is 0 Å². The summed E-state index contributed by atoms with van der Waals surface area (Å²) >= 11 is 0. The molecule has 0 aromatic heterocycles. The van der Waals surface area contributed by atoms with Gasteiger partial charge in [-0.05, 0) is 32.2 Å². The molecule has 2 aliphatic rings. The van der Waals surface area contributed by atoms with Crippen molar-refractivity contribution < 1.29 is 9.59 Å². The molecule has 2 rings (SSSR count). The third-order valence-electron chi connectivity index (χ3n) is 3.49. The Kier molecular flexibility index (Phi) is 6.43. The Hall–Kier alpha value is -0.810. The molecule has 104 valence electrons. The Morgan fingerprint density at radius 2 is 1.94 bits per heavy atom. The van der Waals surface area contributed by atoms with E-state index >= 15 is 0 Å². The highest BCUT2D eigenvalue weighted by molar-refractivity contribution is 5.85. The summed E-state index contributed by atoms with van der Waals surface area (Å²) in [6, 6.07) is 0.303. The molecule has 0 aromatic carbocycles. The van der Waals surface area contributed by atoms with E-state index in [-0.39, 0.29) is 30.8 Å². The van der Waals surface area contributed by atoms with Gasteiger partial charge in [-0.15, -0.1) is 12.4 Å². The number of nitrogens with zero attached hydrogens (tertiary/aromatic N) is 1. The Bertz CT molecular complexity index is 287. The van der Waals surface area contributed by atoms with E-state index in [2.05, 4.69) is 10.6 Å². The Morgan fingerprint density at radius 3 is 2.56 bits per heavy atom. The van der Waals surface area contributed by atoms with E-state index in [1.54, 1.807) is 0 Å². The molecular formula is C12H22ClN3O2. The molecule has 0 aromatic rings. The number of hydrogen-bond donors (Lipinski definition) is 2. The minimum absolute atomic E-state index is 0. The van der Waals surface area contributed by atoms with Crippen molar-refractivity contribution >= 4 is 24.2 Å². The van der Waals surface area contributed by atoms with Crippen LogP contribution in [0, 0.1) is 0 Å². The van der Waals surface area contributed by atoms with Gasteiger partial charge in [0.1, 0.15) is 0 Å². The van der Waals surface area contributed by atoms with Crippen LogP contribution in [0.5, 0.6) is 0 Å². The molecule has 0 bridgehead atoms. The molecule has 6 heteroatoms. The zero-order chi connectivity index (χ0) is 12.1. The van der Waals surface area contributed by atoms with Crippen LogP contribution in [0.15, 0.2) is 0 Å². The predicted octanol–water partition coefficient (Wildman–Crippen LogP) is 0.289. The molecule has 0 saturated carbocycles. The van der Waals surface area contributed by atoms with Crippen LogP contribution in [0.3, 0.4) is 0 Å². The van der Waals surface area contributed by atoms with Gasteiger partial charge in [0, 0.05) is 25.6 Å². The van der Waals surface area contributed by atoms with Crippen LogP contribution in [-0.4, -0.2) is 48.9 Å². The lowest BCUT2D eigenvalue weighted by Gasteiger charge is -2.16. The summed E-state index contributed by atoms with van der Waals surface area (Å²) in [5.41, 5.74) is 0.